The van der Waals surface area contributed by atoms with Crippen LogP contribution < -0.4 is 14.8 Å². The molecule has 1 N–H and O–H groups in total. The van der Waals surface area contributed by atoms with Gasteiger partial charge in [0.05, 0.1) is 19.9 Å². The van der Waals surface area contributed by atoms with Crippen LogP contribution in [0.5, 0.6) is 11.5 Å². The average molecular weight is 276 g/mol. The molecule has 0 unspecified atom stereocenters. The summed E-state index contributed by atoms with van der Waals surface area (Å²) in [6.45, 7) is 3.39. The van der Waals surface area contributed by atoms with Crippen LogP contribution in [0.2, 0.25) is 0 Å². The number of methoxy groups -OCH3 is 2. The van der Waals surface area contributed by atoms with Crippen LogP contribution in [0.25, 0.3) is 0 Å². The van der Waals surface area contributed by atoms with Crippen molar-refractivity contribution in [2.75, 3.05) is 19.5 Å². The molecule has 0 aliphatic heterocycles. The van der Waals surface area contributed by atoms with E-state index in [2.05, 4.69) is 10.3 Å². The fourth-order valence-corrected chi connectivity index (χ4v) is 1.82. The normalized spacial score (nSPS) is 10.2. The van der Waals surface area contributed by atoms with Crippen molar-refractivity contribution in [1.82, 2.24) is 4.98 Å². The number of amides is 1. The van der Waals surface area contributed by atoms with E-state index in [0.29, 0.717) is 28.8 Å². The summed E-state index contributed by atoms with van der Waals surface area (Å²) in [4.78, 5) is 16.2. The van der Waals surface area contributed by atoms with Gasteiger partial charge in [-0.1, -0.05) is 0 Å². The fourth-order valence-electron chi connectivity index (χ4n) is 1.82. The molecule has 20 heavy (non-hydrogen) atoms. The number of ether oxygens (including phenoxy) is 2. The summed E-state index contributed by atoms with van der Waals surface area (Å²) in [6, 6.07) is 5.13. The van der Waals surface area contributed by atoms with Crippen molar-refractivity contribution in [1.29, 1.82) is 0 Å². The van der Waals surface area contributed by atoms with Crippen molar-refractivity contribution in [3.8, 4) is 11.5 Å². The molecule has 6 heteroatoms. The number of hydrogen-bond acceptors (Lipinski definition) is 5. The van der Waals surface area contributed by atoms with E-state index in [-0.39, 0.29) is 11.6 Å². The highest BCUT2D eigenvalue weighted by Crippen LogP contribution is 2.29. The highest BCUT2D eigenvalue weighted by molar-refractivity contribution is 6.04. The van der Waals surface area contributed by atoms with Crippen molar-refractivity contribution in [3.05, 3.63) is 35.5 Å². The van der Waals surface area contributed by atoms with Gasteiger partial charge < -0.3 is 19.2 Å². The molecule has 1 heterocycles. The number of anilines is 1. The molecule has 2 aromatic rings. The van der Waals surface area contributed by atoms with Crippen molar-refractivity contribution >= 4 is 11.6 Å². The quantitative estimate of drug-likeness (QED) is 0.929. The number of aryl methyl sites for hydroxylation is 2. The van der Waals surface area contributed by atoms with Gasteiger partial charge in [-0.2, -0.15) is 0 Å². The maximum atomic E-state index is 12.2. The van der Waals surface area contributed by atoms with Gasteiger partial charge in [0, 0.05) is 13.0 Å². The molecule has 106 valence electrons. The largest absolute Gasteiger partial charge is 0.497 e. The van der Waals surface area contributed by atoms with Gasteiger partial charge >= 0.3 is 0 Å². The first-order valence-electron chi connectivity index (χ1n) is 6.02. The van der Waals surface area contributed by atoms with Gasteiger partial charge in [-0.25, -0.2) is 4.98 Å². The summed E-state index contributed by atoms with van der Waals surface area (Å²) in [5.74, 6) is 1.74. The second-order valence-corrected chi connectivity index (χ2v) is 4.16. The van der Waals surface area contributed by atoms with E-state index < -0.39 is 0 Å². The fraction of sp³-hybridized carbons (Fsp3) is 0.286. The number of carbonyl (C=O) groups excluding carboxylic acids is 1. The van der Waals surface area contributed by atoms with E-state index in [1.165, 1.54) is 7.11 Å². The maximum Gasteiger partial charge on any atom is 0.278 e. The van der Waals surface area contributed by atoms with Crippen molar-refractivity contribution in [2.24, 2.45) is 0 Å². The third-order valence-electron chi connectivity index (χ3n) is 2.78. The van der Waals surface area contributed by atoms with Crippen LogP contribution in [0.1, 0.15) is 22.1 Å². The van der Waals surface area contributed by atoms with E-state index in [0.717, 1.165) is 0 Å². The van der Waals surface area contributed by atoms with Crippen LogP contribution in [-0.4, -0.2) is 25.1 Å². The zero-order valence-corrected chi connectivity index (χ0v) is 11.8. The maximum absolute atomic E-state index is 12.2. The molecule has 0 bridgehead atoms. The Morgan fingerprint density at radius 2 is 2.00 bits per heavy atom. The Morgan fingerprint density at radius 3 is 2.55 bits per heavy atom. The number of hydrogen-bond donors (Lipinski definition) is 1. The Hall–Kier alpha value is -2.50. The summed E-state index contributed by atoms with van der Waals surface area (Å²) in [7, 11) is 3.09. The van der Waals surface area contributed by atoms with Crippen LogP contribution >= 0.6 is 0 Å². The third kappa shape index (κ3) is 2.74. The lowest BCUT2D eigenvalue weighted by molar-refractivity contribution is 0.102. The number of nitrogens with zero attached hydrogens (tertiary/aromatic N) is 1. The van der Waals surface area contributed by atoms with Gasteiger partial charge in [0.2, 0.25) is 0 Å². The first-order valence-corrected chi connectivity index (χ1v) is 6.02. The molecule has 1 aromatic heterocycles. The first kappa shape index (κ1) is 13.9. The molecule has 0 saturated carbocycles. The SMILES string of the molecule is COc1ccc(NC(=O)c2nc(C)oc2C)c(OC)c1. The van der Waals surface area contributed by atoms with Gasteiger partial charge in [0.15, 0.2) is 11.6 Å². The van der Waals surface area contributed by atoms with Crippen LogP contribution in [-0.2, 0) is 0 Å². The molecule has 0 aliphatic carbocycles. The molecule has 0 saturated heterocycles. The first-order chi connectivity index (χ1) is 9.55. The number of aromatic nitrogens is 1. The van der Waals surface area contributed by atoms with Gasteiger partial charge in [-0.15, -0.1) is 0 Å². The minimum absolute atomic E-state index is 0.264. The molecule has 2 rings (SSSR count). The predicted octanol–water partition coefficient (Wildman–Crippen LogP) is 2.56. The standard InChI is InChI=1S/C14H16N2O4/c1-8-13(15-9(2)20-8)14(17)16-11-6-5-10(18-3)7-12(11)19-4/h5-7H,1-4H3,(H,16,17). The molecule has 0 atom stereocenters. The van der Waals surface area contributed by atoms with E-state index in [9.17, 15) is 4.79 Å². The van der Waals surface area contributed by atoms with Crippen molar-refractivity contribution in [3.63, 3.8) is 0 Å². The van der Waals surface area contributed by atoms with E-state index in [1.54, 1.807) is 39.2 Å². The molecular formula is C14H16N2O4. The number of rotatable bonds is 4. The molecule has 0 aliphatic rings. The minimum atomic E-state index is -0.345. The van der Waals surface area contributed by atoms with E-state index in [1.807, 2.05) is 0 Å². The summed E-state index contributed by atoms with van der Waals surface area (Å²) in [6.07, 6.45) is 0. The lowest BCUT2D eigenvalue weighted by Gasteiger charge is -2.10. The van der Waals surface area contributed by atoms with Crippen molar-refractivity contribution in [2.45, 2.75) is 13.8 Å². The zero-order chi connectivity index (χ0) is 14.7. The van der Waals surface area contributed by atoms with Crippen LogP contribution in [0.15, 0.2) is 22.6 Å². The Kier molecular flexibility index (Phi) is 3.93. The summed E-state index contributed by atoms with van der Waals surface area (Å²) >= 11 is 0. The number of carbonyl (C=O) groups is 1. The van der Waals surface area contributed by atoms with Crippen LogP contribution in [0.4, 0.5) is 5.69 Å². The summed E-state index contributed by atoms with van der Waals surface area (Å²) < 4.78 is 15.6. The molecule has 6 nitrogen and oxygen atoms in total. The zero-order valence-electron chi connectivity index (χ0n) is 11.8. The molecule has 0 spiro atoms. The summed E-state index contributed by atoms with van der Waals surface area (Å²) in [5.41, 5.74) is 0.804. The van der Waals surface area contributed by atoms with Crippen LogP contribution in [0, 0.1) is 13.8 Å². The van der Waals surface area contributed by atoms with Crippen LogP contribution in [0.3, 0.4) is 0 Å². The molecule has 0 fully saturated rings. The summed E-state index contributed by atoms with van der Waals surface area (Å²) in [5, 5.41) is 2.74. The lowest BCUT2D eigenvalue weighted by atomic mass is 10.2. The topological polar surface area (TPSA) is 73.6 Å². The smallest absolute Gasteiger partial charge is 0.278 e. The van der Waals surface area contributed by atoms with Gasteiger partial charge in [0.1, 0.15) is 17.3 Å². The Balaban J connectivity index is 2.25. The average Bonchev–Trinajstić information content (AvgIpc) is 2.78. The van der Waals surface area contributed by atoms with Gasteiger partial charge in [-0.05, 0) is 19.1 Å². The van der Waals surface area contributed by atoms with Gasteiger partial charge in [0.25, 0.3) is 5.91 Å². The number of benzene rings is 1. The van der Waals surface area contributed by atoms with Crippen molar-refractivity contribution < 1.29 is 18.7 Å². The molecular weight excluding hydrogens is 260 g/mol. The second-order valence-electron chi connectivity index (χ2n) is 4.16. The predicted molar refractivity (Wildman–Crippen MR) is 73.5 cm³/mol. The Bertz CT molecular complexity index is 634. The molecule has 0 radical (unpaired) electrons. The minimum Gasteiger partial charge on any atom is -0.497 e. The van der Waals surface area contributed by atoms with E-state index in [4.69, 9.17) is 13.9 Å². The highest BCUT2D eigenvalue weighted by atomic mass is 16.5. The second kappa shape index (κ2) is 5.64. The monoisotopic (exact) mass is 276 g/mol. The molecule has 1 amide bonds. The molecule has 1 aromatic carbocycles. The lowest BCUT2D eigenvalue weighted by Crippen LogP contribution is -2.14. The number of nitrogens with one attached hydrogen (secondary N) is 1. The highest BCUT2D eigenvalue weighted by Gasteiger charge is 2.17. The third-order valence-corrected chi connectivity index (χ3v) is 2.78. The van der Waals surface area contributed by atoms with Gasteiger partial charge in [-0.3, -0.25) is 4.79 Å². The van der Waals surface area contributed by atoms with E-state index >= 15 is 0 Å². The Morgan fingerprint density at radius 1 is 1.25 bits per heavy atom. The Labute approximate surface area is 116 Å². The number of oxazole rings is 1.